The van der Waals surface area contributed by atoms with E-state index in [0.29, 0.717) is 18.3 Å². The number of nitrogens with two attached hydrogens (primary N) is 1. The lowest BCUT2D eigenvalue weighted by Crippen LogP contribution is -2.44. The number of hydrogen-bond acceptors (Lipinski definition) is 2. The largest absolute Gasteiger partial charge is 0.368 e. The van der Waals surface area contributed by atoms with Crippen LogP contribution >= 0.6 is 0 Å². The Bertz CT molecular complexity index is 389. The van der Waals surface area contributed by atoms with Crippen LogP contribution < -0.4 is 11.1 Å². The molecule has 0 saturated heterocycles. The summed E-state index contributed by atoms with van der Waals surface area (Å²) >= 11 is 0. The van der Waals surface area contributed by atoms with Crippen molar-refractivity contribution in [3.8, 4) is 0 Å². The van der Waals surface area contributed by atoms with E-state index in [9.17, 15) is 4.79 Å². The van der Waals surface area contributed by atoms with E-state index in [1.54, 1.807) is 0 Å². The Morgan fingerprint density at radius 1 is 1.25 bits per heavy atom. The van der Waals surface area contributed by atoms with Crippen LogP contribution in [0, 0.1) is 11.8 Å². The molecule has 1 rings (SSSR count). The van der Waals surface area contributed by atoms with Crippen LogP contribution in [0.25, 0.3) is 0 Å². The number of benzene rings is 1. The van der Waals surface area contributed by atoms with Gasteiger partial charge in [-0.3, -0.25) is 4.79 Å². The van der Waals surface area contributed by atoms with Gasteiger partial charge in [-0.15, -0.1) is 0 Å². The highest BCUT2D eigenvalue weighted by molar-refractivity contribution is 5.80. The van der Waals surface area contributed by atoms with Crippen molar-refractivity contribution in [3.63, 3.8) is 0 Å². The molecule has 0 bridgehead atoms. The third kappa shape index (κ3) is 6.20. The number of rotatable bonds is 9. The Balaban J connectivity index is 2.53. The number of amides is 1. The summed E-state index contributed by atoms with van der Waals surface area (Å²) in [5.74, 6) is 1.02. The van der Waals surface area contributed by atoms with Crippen LogP contribution in [-0.2, 0) is 11.2 Å². The van der Waals surface area contributed by atoms with E-state index in [-0.39, 0.29) is 11.9 Å². The molecule has 0 aliphatic carbocycles. The molecular formula is C17H28N2O. The normalized spacial score (nSPS) is 14.2. The van der Waals surface area contributed by atoms with Gasteiger partial charge in [0.25, 0.3) is 0 Å². The summed E-state index contributed by atoms with van der Waals surface area (Å²) in [6.07, 6.45) is 2.97. The van der Waals surface area contributed by atoms with E-state index in [2.05, 4.69) is 26.1 Å². The second-order valence-electron chi connectivity index (χ2n) is 5.96. The summed E-state index contributed by atoms with van der Waals surface area (Å²) in [4.78, 5) is 11.6. The van der Waals surface area contributed by atoms with Crippen molar-refractivity contribution < 1.29 is 4.79 Å². The molecule has 0 aliphatic heterocycles. The zero-order chi connectivity index (χ0) is 15.0. The fraction of sp³-hybridized carbons (Fsp3) is 0.588. The van der Waals surface area contributed by atoms with E-state index in [1.807, 2.05) is 30.3 Å². The summed E-state index contributed by atoms with van der Waals surface area (Å²) in [7, 11) is 0. The summed E-state index contributed by atoms with van der Waals surface area (Å²) in [6, 6.07) is 9.73. The first-order chi connectivity index (χ1) is 9.52. The maximum Gasteiger partial charge on any atom is 0.234 e. The van der Waals surface area contributed by atoms with Crippen LogP contribution in [0.2, 0.25) is 0 Å². The van der Waals surface area contributed by atoms with E-state index in [1.165, 1.54) is 6.42 Å². The minimum Gasteiger partial charge on any atom is -0.368 e. The van der Waals surface area contributed by atoms with Crippen molar-refractivity contribution in [2.24, 2.45) is 17.6 Å². The van der Waals surface area contributed by atoms with Crippen molar-refractivity contribution in [3.05, 3.63) is 35.9 Å². The van der Waals surface area contributed by atoms with Crippen molar-refractivity contribution in [2.75, 3.05) is 6.54 Å². The molecule has 0 heterocycles. The third-order valence-electron chi connectivity index (χ3n) is 3.66. The molecule has 3 N–H and O–H groups in total. The predicted octanol–water partition coefficient (Wildman–Crippen LogP) is 2.74. The summed E-state index contributed by atoms with van der Waals surface area (Å²) in [5, 5.41) is 3.35. The third-order valence-corrected chi connectivity index (χ3v) is 3.66. The molecule has 1 aromatic carbocycles. The maximum absolute atomic E-state index is 11.6. The van der Waals surface area contributed by atoms with Gasteiger partial charge in [-0.25, -0.2) is 0 Å². The molecule has 0 saturated carbocycles. The minimum absolute atomic E-state index is 0.270. The van der Waals surface area contributed by atoms with Crippen LogP contribution in [-0.4, -0.2) is 18.5 Å². The number of carbonyl (C=O) groups is 1. The molecule has 112 valence electrons. The van der Waals surface area contributed by atoms with Crippen LogP contribution in [0.3, 0.4) is 0 Å². The number of nitrogens with one attached hydrogen (secondary N) is 1. The molecule has 2 atom stereocenters. The fourth-order valence-electron chi connectivity index (χ4n) is 2.49. The Labute approximate surface area is 122 Å². The second-order valence-corrected chi connectivity index (χ2v) is 5.96. The lowest BCUT2D eigenvalue weighted by Gasteiger charge is -2.22. The smallest absolute Gasteiger partial charge is 0.234 e. The highest BCUT2D eigenvalue weighted by atomic mass is 16.1. The Morgan fingerprint density at radius 2 is 1.90 bits per heavy atom. The predicted molar refractivity (Wildman–Crippen MR) is 84.4 cm³/mol. The molecular weight excluding hydrogens is 248 g/mol. The average molecular weight is 276 g/mol. The monoisotopic (exact) mass is 276 g/mol. The van der Waals surface area contributed by atoms with Gasteiger partial charge in [-0.2, -0.15) is 0 Å². The van der Waals surface area contributed by atoms with Crippen molar-refractivity contribution in [2.45, 2.75) is 46.1 Å². The SMILES string of the molecule is CC[C@H](CN[C@@H](Cc1ccccc1)C(N)=O)CC(C)C. The number of primary amides is 1. The molecule has 0 fully saturated rings. The van der Waals surface area contributed by atoms with Crippen molar-refractivity contribution in [1.82, 2.24) is 5.32 Å². The van der Waals surface area contributed by atoms with Crippen LogP contribution in [0.5, 0.6) is 0 Å². The molecule has 0 aliphatic rings. The molecule has 3 heteroatoms. The lowest BCUT2D eigenvalue weighted by atomic mass is 9.94. The van der Waals surface area contributed by atoms with Crippen LogP contribution in [0.15, 0.2) is 30.3 Å². The van der Waals surface area contributed by atoms with Gasteiger partial charge in [0.05, 0.1) is 6.04 Å². The summed E-state index contributed by atoms with van der Waals surface area (Å²) in [6.45, 7) is 7.52. The van der Waals surface area contributed by atoms with Gasteiger partial charge in [-0.05, 0) is 36.8 Å². The minimum atomic E-state index is -0.279. The lowest BCUT2D eigenvalue weighted by molar-refractivity contribution is -0.120. The quantitative estimate of drug-likeness (QED) is 0.728. The first kappa shape index (κ1) is 16.7. The number of hydrogen-bond donors (Lipinski definition) is 2. The molecule has 20 heavy (non-hydrogen) atoms. The zero-order valence-corrected chi connectivity index (χ0v) is 12.9. The Hall–Kier alpha value is -1.35. The number of carbonyl (C=O) groups excluding carboxylic acids is 1. The van der Waals surface area contributed by atoms with Crippen molar-refractivity contribution >= 4 is 5.91 Å². The fourth-order valence-corrected chi connectivity index (χ4v) is 2.49. The van der Waals surface area contributed by atoms with Gasteiger partial charge in [0, 0.05) is 0 Å². The molecule has 1 aromatic rings. The average Bonchev–Trinajstić information content (AvgIpc) is 2.42. The molecule has 1 amide bonds. The molecule has 0 aromatic heterocycles. The molecule has 0 spiro atoms. The first-order valence-corrected chi connectivity index (χ1v) is 7.59. The van der Waals surface area contributed by atoms with Gasteiger partial charge >= 0.3 is 0 Å². The Morgan fingerprint density at radius 3 is 2.40 bits per heavy atom. The molecule has 3 nitrogen and oxygen atoms in total. The van der Waals surface area contributed by atoms with E-state index in [0.717, 1.165) is 18.5 Å². The maximum atomic E-state index is 11.6. The topological polar surface area (TPSA) is 55.1 Å². The first-order valence-electron chi connectivity index (χ1n) is 7.59. The van der Waals surface area contributed by atoms with E-state index < -0.39 is 0 Å². The Kier molecular flexibility index (Phi) is 7.31. The highest BCUT2D eigenvalue weighted by Crippen LogP contribution is 2.14. The van der Waals surface area contributed by atoms with Crippen LogP contribution in [0.4, 0.5) is 0 Å². The van der Waals surface area contributed by atoms with E-state index in [4.69, 9.17) is 5.73 Å². The van der Waals surface area contributed by atoms with Gasteiger partial charge in [-0.1, -0.05) is 57.5 Å². The zero-order valence-electron chi connectivity index (χ0n) is 12.9. The second kappa shape index (κ2) is 8.75. The summed E-state index contributed by atoms with van der Waals surface area (Å²) in [5.41, 5.74) is 6.65. The standard InChI is InChI=1S/C17H28N2O/c1-4-14(10-13(2)3)12-19-16(17(18)20)11-15-8-6-5-7-9-15/h5-9,13-14,16,19H,4,10-12H2,1-3H3,(H2,18,20)/t14-,16-/m0/s1. The van der Waals surface area contributed by atoms with Gasteiger partial charge in [0.1, 0.15) is 0 Å². The molecule has 0 unspecified atom stereocenters. The van der Waals surface area contributed by atoms with E-state index >= 15 is 0 Å². The van der Waals surface area contributed by atoms with Gasteiger partial charge in [0.2, 0.25) is 5.91 Å². The molecule has 0 radical (unpaired) electrons. The van der Waals surface area contributed by atoms with Gasteiger partial charge in [0.15, 0.2) is 0 Å². The van der Waals surface area contributed by atoms with Gasteiger partial charge < -0.3 is 11.1 Å². The van der Waals surface area contributed by atoms with Crippen LogP contribution in [0.1, 0.15) is 39.2 Å². The highest BCUT2D eigenvalue weighted by Gasteiger charge is 2.17. The van der Waals surface area contributed by atoms with Crippen molar-refractivity contribution in [1.29, 1.82) is 0 Å². The summed E-state index contributed by atoms with van der Waals surface area (Å²) < 4.78 is 0.